The highest BCUT2D eigenvalue weighted by Gasteiger charge is 2.46. The second-order valence-corrected chi connectivity index (χ2v) is 6.79. The van der Waals surface area contributed by atoms with Crippen molar-refractivity contribution in [2.24, 2.45) is 5.11 Å². The number of Topliss-reactive ketones (excluding diaryl/α,β-unsaturated/α-hetero) is 1. The molecular weight excluding hydrogens is 342 g/mol. The van der Waals surface area contributed by atoms with Gasteiger partial charge in [0.15, 0.2) is 11.5 Å². The lowest BCUT2D eigenvalue weighted by atomic mass is 9.60. The maximum Gasteiger partial charge on any atom is 0.165 e. The van der Waals surface area contributed by atoms with Crippen LogP contribution in [0.3, 0.4) is 0 Å². The highest BCUT2D eigenvalue weighted by Crippen LogP contribution is 2.55. The van der Waals surface area contributed by atoms with Crippen LogP contribution in [0.2, 0.25) is 5.02 Å². The fourth-order valence-electron chi connectivity index (χ4n) is 4.22. The largest absolute Gasteiger partial charge is 0.493 e. The zero-order valence-electron chi connectivity index (χ0n) is 14.3. The summed E-state index contributed by atoms with van der Waals surface area (Å²) in [5.74, 6) is 1.33. The number of carbonyl (C=O) groups excluding carboxylic acids is 1. The third kappa shape index (κ3) is 2.86. The molecule has 0 aromatic heterocycles. The van der Waals surface area contributed by atoms with Crippen molar-refractivity contribution in [2.45, 2.75) is 37.5 Å². The maximum atomic E-state index is 12.4. The SMILES string of the molecule is COc1cc(Cl)c2c(c1OC)C1(CCN=[N+]=[N-])CC(=O)CC=C1CC2. The number of ether oxygens (including phenoxy) is 2. The van der Waals surface area contributed by atoms with Crippen molar-refractivity contribution < 1.29 is 14.3 Å². The van der Waals surface area contributed by atoms with Gasteiger partial charge in [-0.25, -0.2) is 0 Å². The van der Waals surface area contributed by atoms with Gasteiger partial charge in [0.25, 0.3) is 0 Å². The molecule has 2 aliphatic rings. The number of halogens is 1. The Morgan fingerprint density at radius 3 is 2.84 bits per heavy atom. The Morgan fingerprint density at radius 2 is 2.16 bits per heavy atom. The molecular formula is C18H20ClN3O3. The first kappa shape index (κ1) is 17.6. The summed E-state index contributed by atoms with van der Waals surface area (Å²) in [5.41, 5.74) is 11.2. The highest BCUT2D eigenvalue weighted by molar-refractivity contribution is 6.31. The fourth-order valence-corrected chi connectivity index (χ4v) is 4.50. The number of rotatable bonds is 5. The van der Waals surface area contributed by atoms with Crippen LogP contribution in [0.15, 0.2) is 22.8 Å². The van der Waals surface area contributed by atoms with Gasteiger partial charge in [0.2, 0.25) is 0 Å². The van der Waals surface area contributed by atoms with Gasteiger partial charge in [-0.3, -0.25) is 4.79 Å². The Balaban J connectivity index is 2.29. The van der Waals surface area contributed by atoms with Crippen LogP contribution in [0.5, 0.6) is 11.5 Å². The van der Waals surface area contributed by atoms with Crippen molar-refractivity contribution in [1.29, 1.82) is 0 Å². The van der Waals surface area contributed by atoms with Crippen LogP contribution in [-0.4, -0.2) is 26.5 Å². The number of methoxy groups -OCH3 is 2. The van der Waals surface area contributed by atoms with E-state index in [2.05, 4.69) is 10.0 Å². The van der Waals surface area contributed by atoms with Crippen LogP contribution in [0, 0.1) is 0 Å². The number of carbonyl (C=O) groups is 1. The molecule has 0 heterocycles. The lowest BCUT2D eigenvalue weighted by Gasteiger charge is -2.44. The Kier molecular flexibility index (Phi) is 4.93. The molecule has 0 N–H and O–H groups in total. The summed E-state index contributed by atoms with van der Waals surface area (Å²) in [6.45, 7) is 0.304. The Labute approximate surface area is 151 Å². The summed E-state index contributed by atoms with van der Waals surface area (Å²) >= 11 is 6.52. The lowest BCUT2D eigenvalue weighted by Crippen LogP contribution is -2.39. The molecule has 0 spiro atoms. The molecule has 0 fully saturated rings. The van der Waals surface area contributed by atoms with Crippen LogP contribution in [0.25, 0.3) is 10.4 Å². The zero-order chi connectivity index (χ0) is 18.0. The first-order valence-electron chi connectivity index (χ1n) is 8.23. The molecule has 6 nitrogen and oxygen atoms in total. The number of allylic oxidation sites excluding steroid dienone is 2. The maximum absolute atomic E-state index is 12.4. The molecule has 7 heteroatoms. The van der Waals surface area contributed by atoms with E-state index >= 15 is 0 Å². The van der Waals surface area contributed by atoms with Crippen molar-refractivity contribution in [3.8, 4) is 11.5 Å². The molecule has 3 rings (SSSR count). The minimum absolute atomic E-state index is 0.165. The quantitative estimate of drug-likeness (QED) is 0.334. The first-order valence-corrected chi connectivity index (χ1v) is 8.61. The molecule has 0 aliphatic heterocycles. The topological polar surface area (TPSA) is 84.3 Å². The molecule has 1 aromatic carbocycles. The summed E-state index contributed by atoms with van der Waals surface area (Å²) < 4.78 is 11.1. The van der Waals surface area contributed by atoms with Gasteiger partial charge in [-0.2, -0.15) is 0 Å². The lowest BCUT2D eigenvalue weighted by molar-refractivity contribution is -0.119. The first-order chi connectivity index (χ1) is 12.1. The van der Waals surface area contributed by atoms with Crippen LogP contribution in [-0.2, 0) is 16.6 Å². The van der Waals surface area contributed by atoms with E-state index in [1.807, 2.05) is 6.08 Å². The molecule has 132 valence electrons. The molecule has 1 aromatic rings. The third-order valence-electron chi connectivity index (χ3n) is 5.24. The van der Waals surface area contributed by atoms with Crippen LogP contribution in [0.1, 0.15) is 36.8 Å². The van der Waals surface area contributed by atoms with E-state index in [-0.39, 0.29) is 5.78 Å². The van der Waals surface area contributed by atoms with E-state index in [0.29, 0.717) is 42.3 Å². The number of nitrogens with zero attached hydrogens (tertiary/aromatic N) is 3. The summed E-state index contributed by atoms with van der Waals surface area (Å²) in [6, 6.07) is 1.76. The van der Waals surface area contributed by atoms with Gasteiger partial charge in [-0.1, -0.05) is 28.4 Å². The van der Waals surface area contributed by atoms with Gasteiger partial charge < -0.3 is 9.47 Å². The molecule has 0 radical (unpaired) electrons. The predicted octanol–water partition coefficient (Wildman–Crippen LogP) is 4.53. The van der Waals surface area contributed by atoms with Crippen LogP contribution in [0.4, 0.5) is 0 Å². The normalized spacial score (nSPS) is 21.6. The second kappa shape index (κ2) is 6.98. The van der Waals surface area contributed by atoms with Crippen molar-refractivity contribution in [3.63, 3.8) is 0 Å². The van der Waals surface area contributed by atoms with Crippen molar-refractivity contribution >= 4 is 17.4 Å². The second-order valence-electron chi connectivity index (χ2n) is 6.38. The number of benzene rings is 1. The summed E-state index contributed by atoms with van der Waals surface area (Å²) in [5, 5.41) is 4.33. The fraction of sp³-hybridized carbons (Fsp3) is 0.500. The molecule has 1 atom stereocenters. The molecule has 0 bridgehead atoms. The van der Waals surface area contributed by atoms with Crippen molar-refractivity contribution in [3.05, 3.63) is 44.3 Å². The van der Waals surface area contributed by atoms with E-state index in [4.69, 9.17) is 26.6 Å². The molecule has 1 unspecified atom stereocenters. The molecule has 0 saturated heterocycles. The molecule has 0 saturated carbocycles. The zero-order valence-corrected chi connectivity index (χ0v) is 15.1. The van der Waals surface area contributed by atoms with Gasteiger partial charge in [-0.05, 0) is 30.4 Å². The van der Waals surface area contributed by atoms with Gasteiger partial charge in [-0.15, -0.1) is 0 Å². The van der Waals surface area contributed by atoms with E-state index in [1.165, 1.54) is 5.57 Å². The summed E-state index contributed by atoms with van der Waals surface area (Å²) in [4.78, 5) is 15.2. The van der Waals surface area contributed by atoms with Crippen LogP contribution >= 0.6 is 11.6 Å². The van der Waals surface area contributed by atoms with E-state index in [1.54, 1.807) is 20.3 Å². The smallest absolute Gasteiger partial charge is 0.165 e. The van der Waals surface area contributed by atoms with Gasteiger partial charge in [0, 0.05) is 46.4 Å². The Hall–Kier alpha value is -2.17. The van der Waals surface area contributed by atoms with Crippen LogP contribution < -0.4 is 9.47 Å². The number of azide groups is 1. The van der Waals surface area contributed by atoms with E-state index in [0.717, 1.165) is 24.0 Å². The molecule has 2 aliphatic carbocycles. The predicted molar refractivity (Wildman–Crippen MR) is 95.5 cm³/mol. The number of hydrogen-bond donors (Lipinski definition) is 0. The standard InChI is InChI=1S/C18H20ClN3O3/c1-24-15-9-14(19)13-6-4-11-3-5-12(23)10-18(11,7-8-21-22-20)16(13)17(15)25-2/h3,9H,4-8,10H2,1-2H3. The van der Waals surface area contributed by atoms with E-state index in [9.17, 15) is 4.79 Å². The Morgan fingerprint density at radius 1 is 1.36 bits per heavy atom. The number of hydrogen-bond acceptors (Lipinski definition) is 4. The molecule has 0 amide bonds. The monoisotopic (exact) mass is 361 g/mol. The number of ketones is 1. The summed E-state index contributed by atoms with van der Waals surface area (Å²) in [7, 11) is 3.16. The highest BCUT2D eigenvalue weighted by atomic mass is 35.5. The van der Waals surface area contributed by atoms with Crippen molar-refractivity contribution in [1.82, 2.24) is 0 Å². The van der Waals surface area contributed by atoms with Crippen molar-refractivity contribution in [2.75, 3.05) is 20.8 Å². The molecule has 25 heavy (non-hydrogen) atoms. The minimum Gasteiger partial charge on any atom is -0.493 e. The average molecular weight is 362 g/mol. The van der Waals surface area contributed by atoms with Gasteiger partial charge in [0.05, 0.1) is 14.2 Å². The third-order valence-corrected chi connectivity index (χ3v) is 5.57. The minimum atomic E-state index is -0.541. The van der Waals surface area contributed by atoms with E-state index < -0.39 is 5.41 Å². The average Bonchev–Trinajstić information content (AvgIpc) is 2.61. The van der Waals surface area contributed by atoms with Gasteiger partial charge >= 0.3 is 0 Å². The summed E-state index contributed by atoms with van der Waals surface area (Å²) in [6.07, 6.45) is 5.02. The van der Waals surface area contributed by atoms with Gasteiger partial charge in [0.1, 0.15) is 5.78 Å². The Bertz CT molecular complexity index is 799. The number of fused-ring (bicyclic) bond motifs is 3.